The number of ether oxygens (including phenoxy) is 2. The Labute approximate surface area is 164 Å². The summed E-state index contributed by atoms with van der Waals surface area (Å²) in [6, 6.07) is 9.60. The average Bonchev–Trinajstić information content (AvgIpc) is 2.68. The molecule has 2 heterocycles. The maximum Gasteiger partial charge on any atom is 0.269 e. The molecule has 1 aromatic heterocycles. The zero-order chi connectivity index (χ0) is 19.9. The summed E-state index contributed by atoms with van der Waals surface area (Å²) in [7, 11) is 0. The van der Waals surface area contributed by atoms with Crippen molar-refractivity contribution < 1.29 is 18.7 Å². The molecule has 1 saturated heterocycles. The molecular formula is C21H26FN3O3. The molecule has 1 aliphatic rings. The van der Waals surface area contributed by atoms with E-state index in [0.717, 1.165) is 18.8 Å². The summed E-state index contributed by atoms with van der Waals surface area (Å²) in [5.41, 5.74) is 1.37. The fourth-order valence-corrected chi connectivity index (χ4v) is 3.21. The van der Waals surface area contributed by atoms with Crippen LogP contribution in [0, 0.1) is 5.82 Å². The van der Waals surface area contributed by atoms with Crippen LogP contribution in [-0.4, -0.2) is 49.3 Å². The number of amides is 1. The van der Waals surface area contributed by atoms with E-state index < -0.39 is 0 Å². The fraction of sp³-hybridized carbons (Fsp3) is 0.429. The van der Waals surface area contributed by atoms with Crippen LogP contribution < -0.4 is 15.0 Å². The molecule has 0 aliphatic carbocycles. The smallest absolute Gasteiger partial charge is 0.269 e. The summed E-state index contributed by atoms with van der Waals surface area (Å²) in [6.07, 6.45) is 2.60. The van der Waals surface area contributed by atoms with Gasteiger partial charge in [-0.15, -0.1) is 0 Å². The Hall–Kier alpha value is -2.67. The molecular weight excluding hydrogens is 361 g/mol. The predicted octanol–water partition coefficient (Wildman–Crippen LogP) is 3.03. The van der Waals surface area contributed by atoms with Crippen molar-refractivity contribution in [2.75, 3.05) is 31.1 Å². The lowest BCUT2D eigenvalue weighted by atomic mass is 10.2. The number of anilines is 1. The summed E-state index contributed by atoms with van der Waals surface area (Å²) < 4.78 is 24.1. The van der Waals surface area contributed by atoms with Crippen molar-refractivity contribution in [3.8, 4) is 5.75 Å². The lowest BCUT2D eigenvalue weighted by molar-refractivity contribution is -0.00522. The number of rotatable bonds is 7. The number of nitrogens with zero attached hydrogens (tertiary/aromatic N) is 2. The van der Waals surface area contributed by atoms with Crippen molar-refractivity contribution in [2.45, 2.75) is 32.5 Å². The van der Waals surface area contributed by atoms with Crippen molar-refractivity contribution in [1.29, 1.82) is 0 Å². The van der Waals surface area contributed by atoms with E-state index in [4.69, 9.17) is 9.47 Å². The van der Waals surface area contributed by atoms with Crippen LogP contribution in [0.2, 0.25) is 0 Å². The van der Waals surface area contributed by atoms with Gasteiger partial charge in [0, 0.05) is 31.5 Å². The third kappa shape index (κ3) is 5.66. The maximum atomic E-state index is 12.8. The van der Waals surface area contributed by atoms with Crippen LogP contribution in [0.4, 0.5) is 10.1 Å². The quantitative estimate of drug-likeness (QED) is 0.740. The van der Waals surface area contributed by atoms with Crippen LogP contribution in [0.15, 0.2) is 42.6 Å². The Morgan fingerprint density at radius 1 is 1.25 bits per heavy atom. The molecule has 150 valence electrons. The number of aromatic nitrogens is 1. The van der Waals surface area contributed by atoms with Gasteiger partial charge in [-0.3, -0.25) is 9.78 Å². The van der Waals surface area contributed by atoms with Crippen LogP contribution in [0.5, 0.6) is 5.75 Å². The van der Waals surface area contributed by atoms with Crippen molar-refractivity contribution >= 4 is 11.6 Å². The summed E-state index contributed by atoms with van der Waals surface area (Å²) in [5.74, 6) is 0.101. The van der Waals surface area contributed by atoms with E-state index in [1.165, 1.54) is 12.1 Å². The molecule has 2 aromatic rings. The highest BCUT2D eigenvalue weighted by Crippen LogP contribution is 2.20. The second-order valence-electron chi connectivity index (χ2n) is 6.97. The summed E-state index contributed by atoms with van der Waals surface area (Å²) in [4.78, 5) is 18.8. The number of hydrogen-bond donors (Lipinski definition) is 1. The molecule has 0 unspecified atom stereocenters. The first kappa shape index (κ1) is 20.1. The first-order valence-electron chi connectivity index (χ1n) is 9.54. The molecule has 0 radical (unpaired) electrons. The van der Waals surface area contributed by atoms with Crippen molar-refractivity contribution in [1.82, 2.24) is 10.3 Å². The molecule has 0 bridgehead atoms. The lowest BCUT2D eigenvalue weighted by Gasteiger charge is -2.36. The second-order valence-corrected chi connectivity index (χ2v) is 6.97. The number of halogens is 1. The van der Waals surface area contributed by atoms with Gasteiger partial charge in [-0.05, 0) is 56.7 Å². The standard InChI is InChI=1S/C21H26FN3O3/c1-15-13-25(14-16(2)28-15)18-8-10-23-20(12-18)21(26)24-9-3-11-27-19-6-4-17(22)5-7-19/h4-8,10,12,15-16H,3,9,11,13-14H2,1-2H3,(H,24,26)/t15-,16-/m0/s1. The Balaban J connectivity index is 1.46. The topological polar surface area (TPSA) is 63.7 Å². The number of hydrogen-bond acceptors (Lipinski definition) is 5. The molecule has 2 atom stereocenters. The van der Waals surface area contributed by atoms with Gasteiger partial charge in [0.25, 0.3) is 5.91 Å². The minimum atomic E-state index is -0.296. The van der Waals surface area contributed by atoms with E-state index in [1.807, 2.05) is 26.0 Å². The highest BCUT2D eigenvalue weighted by molar-refractivity contribution is 5.93. The molecule has 6 nitrogen and oxygen atoms in total. The minimum Gasteiger partial charge on any atom is -0.494 e. The van der Waals surface area contributed by atoms with Gasteiger partial charge in [-0.2, -0.15) is 0 Å². The number of benzene rings is 1. The predicted molar refractivity (Wildman–Crippen MR) is 105 cm³/mol. The monoisotopic (exact) mass is 387 g/mol. The zero-order valence-electron chi connectivity index (χ0n) is 16.2. The van der Waals surface area contributed by atoms with Gasteiger partial charge in [-0.1, -0.05) is 0 Å². The summed E-state index contributed by atoms with van der Waals surface area (Å²) in [5, 5.41) is 2.86. The number of carbonyl (C=O) groups excluding carboxylic acids is 1. The highest BCUT2D eigenvalue weighted by Gasteiger charge is 2.23. The van der Waals surface area contributed by atoms with Crippen molar-refractivity contribution in [2.24, 2.45) is 0 Å². The van der Waals surface area contributed by atoms with Gasteiger partial charge in [0.05, 0.1) is 18.8 Å². The number of morpholine rings is 1. The Morgan fingerprint density at radius 2 is 1.96 bits per heavy atom. The molecule has 3 rings (SSSR count). The average molecular weight is 387 g/mol. The van der Waals surface area contributed by atoms with Gasteiger partial charge in [0.1, 0.15) is 17.3 Å². The summed E-state index contributed by atoms with van der Waals surface area (Å²) >= 11 is 0. The maximum absolute atomic E-state index is 12.8. The molecule has 0 spiro atoms. The molecule has 1 amide bonds. The van der Waals surface area contributed by atoms with E-state index in [1.54, 1.807) is 18.3 Å². The van der Waals surface area contributed by atoms with Crippen molar-refractivity contribution in [3.63, 3.8) is 0 Å². The Morgan fingerprint density at radius 3 is 2.68 bits per heavy atom. The number of carbonyl (C=O) groups is 1. The third-order valence-electron chi connectivity index (χ3n) is 4.45. The third-order valence-corrected chi connectivity index (χ3v) is 4.45. The van der Waals surface area contributed by atoms with Crippen LogP contribution in [0.3, 0.4) is 0 Å². The minimum absolute atomic E-state index is 0.148. The lowest BCUT2D eigenvalue weighted by Crippen LogP contribution is -2.45. The largest absolute Gasteiger partial charge is 0.494 e. The van der Waals surface area contributed by atoms with E-state index in [-0.39, 0.29) is 23.9 Å². The number of nitrogens with one attached hydrogen (secondary N) is 1. The zero-order valence-corrected chi connectivity index (χ0v) is 16.2. The highest BCUT2D eigenvalue weighted by atomic mass is 19.1. The van der Waals surface area contributed by atoms with Gasteiger partial charge in [0.2, 0.25) is 0 Å². The molecule has 1 aromatic carbocycles. The molecule has 0 saturated carbocycles. The van der Waals surface area contributed by atoms with Gasteiger partial charge < -0.3 is 19.7 Å². The normalized spacial score (nSPS) is 19.3. The van der Waals surface area contributed by atoms with Crippen LogP contribution in [0.1, 0.15) is 30.8 Å². The molecule has 7 heteroatoms. The van der Waals surface area contributed by atoms with E-state index >= 15 is 0 Å². The Bertz CT molecular complexity index is 775. The SMILES string of the molecule is C[C@H]1CN(c2ccnc(C(=O)NCCCOc3ccc(F)cc3)c2)C[C@H](C)O1. The van der Waals surface area contributed by atoms with Gasteiger partial charge in [-0.25, -0.2) is 4.39 Å². The molecule has 28 heavy (non-hydrogen) atoms. The van der Waals surface area contributed by atoms with Crippen molar-refractivity contribution in [3.05, 3.63) is 54.1 Å². The molecule has 1 N–H and O–H groups in total. The Kier molecular flexibility index (Phi) is 6.81. The van der Waals surface area contributed by atoms with Crippen LogP contribution >= 0.6 is 0 Å². The molecule has 1 aliphatic heterocycles. The van der Waals surface area contributed by atoms with Crippen LogP contribution in [-0.2, 0) is 4.74 Å². The summed E-state index contributed by atoms with van der Waals surface area (Å²) in [6.45, 7) is 6.57. The van der Waals surface area contributed by atoms with E-state index in [9.17, 15) is 9.18 Å². The van der Waals surface area contributed by atoms with E-state index in [0.29, 0.717) is 31.0 Å². The fourth-order valence-electron chi connectivity index (χ4n) is 3.21. The first-order valence-corrected chi connectivity index (χ1v) is 9.54. The molecule has 1 fully saturated rings. The van der Waals surface area contributed by atoms with Gasteiger partial charge in [0.15, 0.2) is 0 Å². The number of pyridine rings is 1. The van der Waals surface area contributed by atoms with Gasteiger partial charge >= 0.3 is 0 Å². The van der Waals surface area contributed by atoms with Crippen LogP contribution in [0.25, 0.3) is 0 Å². The first-order chi connectivity index (χ1) is 13.5. The van der Waals surface area contributed by atoms with E-state index in [2.05, 4.69) is 15.2 Å². The second kappa shape index (κ2) is 9.50.